The molecule has 1 rings (SSSR count). The van der Waals surface area contributed by atoms with Crippen molar-refractivity contribution in [2.75, 3.05) is 47.8 Å². The van der Waals surface area contributed by atoms with Gasteiger partial charge in [0.1, 0.15) is 0 Å². The second kappa shape index (κ2) is 26.0. The predicted octanol–water partition coefficient (Wildman–Crippen LogP) is 9.95. The Bertz CT molecular complexity index is 359. The van der Waals surface area contributed by atoms with Gasteiger partial charge in [0.2, 0.25) is 0 Å². The van der Waals surface area contributed by atoms with Gasteiger partial charge in [0.25, 0.3) is 0 Å². The van der Waals surface area contributed by atoms with Gasteiger partial charge in [-0.25, -0.2) is 0 Å². The maximum absolute atomic E-state index is 4.43. The third-order valence-electron chi connectivity index (χ3n) is 3.28. The molecular weight excluding hydrogens is 757 g/mol. The molecule has 0 aromatic heterocycles. The van der Waals surface area contributed by atoms with Crippen LogP contribution in [0.4, 0.5) is 0 Å². The maximum Gasteiger partial charge on any atom is 0.0972 e. The lowest BCUT2D eigenvalue weighted by Gasteiger charge is -2.35. The average Bonchev–Trinajstić information content (AvgIpc) is 2.80. The Morgan fingerprint density at radius 2 is 0.606 bits per heavy atom. The first-order valence-electron chi connectivity index (χ1n) is 9.26. The van der Waals surface area contributed by atoms with E-state index in [1.54, 1.807) is 0 Å². The lowest BCUT2D eigenvalue weighted by molar-refractivity contribution is 1.30. The average molecular weight is 788 g/mol. The molecule has 18 heteroatoms. The van der Waals surface area contributed by atoms with Crippen LogP contribution in [0, 0.1) is 0 Å². The van der Waals surface area contributed by atoms with Gasteiger partial charge in [-0.2, -0.15) is 75.8 Å². The minimum absolute atomic E-state index is 0.516. The molecule has 0 radical (unpaired) electrons. The normalized spacial score (nSPS) is 21.5. The molecule has 0 aromatic carbocycles. The smallest absolute Gasteiger partial charge is 0.0972 e. The highest BCUT2D eigenvalue weighted by atomic mass is 32.3. The van der Waals surface area contributed by atoms with Gasteiger partial charge in [-0.05, 0) is 0 Å². The van der Waals surface area contributed by atoms with Crippen LogP contribution in [0.1, 0.15) is 0 Å². The lowest BCUT2D eigenvalue weighted by atomic mass is 10.9. The molecule has 0 aromatic rings. The molecule has 0 saturated carbocycles. The molecule has 1 aliphatic rings. The molecule has 0 aliphatic carbocycles. The fourth-order valence-electron chi connectivity index (χ4n) is 2.11. The Balaban J connectivity index is 2.69. The molecule has 1 heterocycles. The van der Waals surface area contributed by atoms with Crippen molar-refractivity contribution in [3.8, 4) is 0 Å². The zero-order chi connectivity index (χ0) is 24.3. The Kier molecular flexibility index (Phi) is 29.4. The predicted molar refractivity (Wildman–Crippen MR) is 212 cm³/mol. The lowest BCUT2D eigenvalue weighted by Crippen LogP contribution is -2.24. The van der Waals surface area contributed by atoms with Crippen molar-refractivity contribution in [1.29, 1.82) is 0 Å². The summed E-state index contributed by atoms with van der Waals surface area (Å²) in [6, 6.07) is 0. The van der Waals surface area contributed by atoms with E-state index in [0.29, 0.717) is 25.5 Å². The zero-order valence-corrected chi connectivity index (χ0v) is 32.6. The molecule has 0 atom stereocenters. The van der Waals surface area contributed by atoms with E-state index >= 15 is 0 Å². The minimum atomic E-state index is 0.516. The highest BCUT2D eigenvalue weighted by molar-refractivity contribution is 8.39. The fourth-order valence-corrected chi connectivity index (χ4v) is 25.6. The van der Waals surface area contributed by atoms with Gasteiger partial charge in [0.15, 0.2) is 0 Å². The Morgan fingerprint density at radius 3 is 0.788 bits per heavy atom. The van der Waals surface area contributed by atoms with E-state index in [9.17, 15) is 0 Å². The minimum Gasteiger partial charge on any atom is -0.168 e. The second-order valence-electron chi connectivity index (χ2n) is 5.34. The molecule has 0 nitrogen and oxygen atoms in total. The third-order valence-corrected chi connectivity index (χ3v) is 24.3. The first kappa shape index (κ1) is 37.3. The highest BCUT2D eigenvalue weighted by Gasteiger charge is 2.32. The first-order chi connectivity index (χ1) is 16.1. The molecule has 1 fully saturated rings. The van der Waals surface area contributed by atoms with Crippen LogP contribution in [-0.4, -0.2) is 73.3 Å². The summed E-state index contributed by atoms with van der Waals surface area (Å²) < 4.78 is 3.42. The van der Waals surface area contributed by atoms with Crippen molar-refractivity contribution in [3.63, 3.8) is 0 Å². The van der Waals surface area contributed by atoms with Crippen LogP contribution >= 0.6 is 217 Å². The van der Waals surface area contributed by atoms with Crippen LogP contribution in [0.3, 0.4) is 0 Å². The molecule has 0 amide bonds. The van der Waals surface area contributed by atoms with Crippen molar-refractivity contribution in [2.45, 2.75) is 25.5 Å². The fraction of sp³-hybridized carbons (Fsp3) is 1.00. The summed E-state index contributed by atoms with van der Waals surface area (Å²) in [5.41, 5.74) is 0. The zero-order valence-electron chi connectivity index (χ0n) is 17.4. The third kappa shape index (κ3) is 19.2. The summed E-state index contributed by atoms with van der Waals surface area (Å²) in [5, 5.41) is 5.15. The summed E-state index contributed by atoms with van der Waals surface area (Å²) in [4.78, 5) is 0. The maximum atomic E-state index is 4.43. The van der Waals surface area contributed by atoms with E-state index in [2.05, 4.69) is 146 Å². The number of rotatable bonds is 21. The Morgan fingerprint density at radius 1 is 0.394 bits per heavy atom. The van der Waals surface area contributed by atoms with Gasteiger partial charge in [-0.3, -0.25) is 0 Å². The van der Waals surface area contributed by atoms with Gasteiger partial charge in [-0.1, -0.05) is 0 Å². The van der Waals surface area contributed by atoms with E-state index in [1.807, 2.05) is 70.6 Å². The molecule has 0 bridgehead atoms. The second-order valence-corrected chi connectivity index (χ2v) is 27.6. The molecule has 1 saturated heterocycles. The molecule has 198 valence electrons. The molecule has 0 N–H and O–H groups in total. The van der Waals surface area contributed by atoms with Crippen LogP contribution in [-0.2, 0) is 0 Å². The monoisotopic (exact) mass is 786 g/mol. The van der Waals surface area contributed by atoms with Crippen molar-refractivity contribution >= 4 is 217 Å². The van der Waals surface area contributed by atoms with Gasteiger partial charge in [0.05, 0.1) is 25.5 Å². The molecule has 33 heavy (non-hydrogen) atoms. The van der Waals surface area contributed by atoms with Crippen LogP contribution in [0.2, 0.25) is 0 Å². The van der Waals surface area contributed by atoms with Crippen LogP contribution < -0.4 is 0 Å². The van der Waals surface area contributed by atoms with E-state index < -0.39 is 0 Å². The van der Waals surface area contributed by atoms with Crippen LogP contribution in [0.5, 0.6) is 0 Å². The van der Waals surface area contributed by atoms with E-state index in [1.165, 1.54) is 17.3 Å². The van der Waals surface area contributed by atoms with Crippen LogP contribution in [0.25, 0.3) is 0 Å². The number of hydrogen-bond acceptors (Lipinski definition) is 18. The van der Waals surface area contributed by atoms with Crippen LogP contribution in [0.15, 0.2) is 0 Å². The van der Waals surface area contributed by atoms with Crippen molar-refractivity contribution < 1.29 is 0 Å². The summed E-state index contributed by atoms with van der Waals surface area (Å²) in [6.07, 6.45) is 0. The van der Waals surface area contributed by atoms with Gasteiger partial charge in [-0.15, -0.1) is 141 Å². The standard InChI is InChI=1S/C15H30S18/c16-4-25-13(26-5-17)22-1-10-31-11(2-23-14(27-6-18)28-7-19)33-12(32-10)3-24-15(29-8-20)30-9-21/h10-21H,1-9H2. The SMILES string of the molecule is SCSC(SCS)SCC1SC(CSC(SCS)SCS)SC(CSC(SCS)SCS)S1. The molecule has 0 unspecified atom stereocenters. The summed E-state index contributed by atoms with van der Waals surface area (Å²) in [5.74, 6) is 3.51. The molecule has 0 spiro atoms. The number of thioether (sulfide) groups is 12. The number of thiol groups is 6. The van der Waals surface area contributed by atoms with E-state index in [-0.39, 0.29) is 0 Å². The van der Waals surface area contributed by atoms with E-state index in [0.717, 1.165) is 30.5 Å². The van der Waals surface area contributed by atoms with Gasteiger partial charge >= 0.3 is 0 Å². The quantitative estimate of drug-likeness (QED) is 0.0485. The molecular formula is C15H30S18. The highest BCUT2D eigenvalue weighted by Crippen LogP contribution is 2.52. The van der Waals surface area contributed by atoms with Gasteiger partial charge < -0.3 is 0 Å². The first-order valence-corrected chi connectivity index (χ1v) is 25.3. The van der Waals surface area contributed by atoms with Gasteiger partial charge in [0, 0.05) is 47.8 Å². The largest absolute Gasteiger partial charge is 0.168 e. The Hall–Kier alpha value is 6.30. The summed E-state index contributed by atoms with van der Waals surface area (Å²) >= 11 is 50.7. The Labute approximate surface area is 285 Å². The molecule has 1 aliphatic heterocycles. The van der Waals surface area contributed by atoms with Crippen molar-refractivity contribution in [2.24, 2.45) is 0 Å². The number of hydrogen-bond donors (Lipinski definition) is 6. The van der Waals surface area contributed by atoms with E-state index in [4.69, 9.17) is 0 Å². The van der Waals surface area contributed by atoms with Crippen molar-refractivity contribution in [3.05, 3.63) is 0 Å². The summed E-state index contributed by atoms with van der Waals surface area (Å²) in [6.45, 7) is 0. The summed E-state index contributed by atoms with van der Waals surface area (Å²) in [7, 11) is 0. The van der Waals surface area contributed by atoms with Crippen molar-refractivity contribution in [1.82, 2.24) is 0 Å². The topological polar surface area (TPSA) is 0 Å².